The van der Waals surface area contributed by atoms with E-state index < -0.39 is 0 Å². The van der Waals surface area contributed by atoms with Crippen LogP contribution in [0.4, 0.5) is 0 Å². The van der Waals surface area contributed by atoms with Crippen molar-refractivity contribution in [1.29, 1.82) is 0 Å². The quantitative estimate of drug-likeness (QED) is 0.867. The Hall–Kier alpha value is -1.52. The molecule has 0 aromatic carbocycles. The van der Waals surface area contributed by atoms with E-state index in [4.69, 9.17) is 14.6 Å². The van der Waals surface area contributed by atoms with Crippen molar-refractivity contribution in [3.8, 4) is 0 Å². The largest absolute Gasteiger partial charge is 0.468 e. The second-order valence-electron chi connectivity index (χ2n) is 5.21. The summed E-state index contributed by atoms with van der Waals surface area (Å²) in [6.07, 6.45) is 4.26. The molecule has 0 bridgehead atoms. The summed E-state index contributed by atoms with van der Waals surface area (Å²) in [4.78, 5) is 2.41. The fourth-order valence-corrected chi connectivity index (χ4v) is 2.42. The van der Waals surface area contributed by atoms with Gasteiger partial charge in [0.1, 0.15) is 17.3 Å². The number of nitrogens with zero attached hydrogens (tertiary/aromatic N) is 1. The maximum Gasteiger partial charge on any atom is 0.118 e. The van der Waals surface area contributed by atoms with Gasteiger partial charge in [-0.15, -0.1) is 0 Å². The molecule has 0 saturated heterocycles. The third-order valence-electron chi connectivity index (χ3n) is 3.65. The van der Waals surface area contributed by atoms with E-state index in [-0.39, 0.29) is 0 Å². The maximum atomic E-state index is 5.78. The first-order valence-electron chi connectivity index (χ1n) is 6.81. The van der Waals surface area contributed by atoms with Crippen LogP contribution in [0.1, 0.15) is 35.7 Å². The predicted molar refractivity (Wildman–Crippen MR) is 72.3 cm³/mol. The van der Waals surface area contributed by atoms with Crippen LogP contribution in [0.15, 0.2) is 33.3 Å². The summed E-state index contributed by atoms with van der Waals surface area (Å²) in [5, 5.41) is 0. The monoisotopic (exact) mass is 260 g/mol. The van der Waals surface area contributed by atoms with Crippen molar-refractivity contribution in [1.82, 2.24) is 4.90 Å². The normalized spacial score (nSPS) is 15.3. The van der Waals surface area contributed by atoms with Gasteiger partial charge in [0.05, 0.1) is 19.4 Å². The Balaban J connectivity index is 1.70. The zero-order chi connectivity index (χ0) is 13.2. The van der Waals surface area contributed by atoms with Gasteiger partial charge in [0.25, 0.3) is 0 Å². The molecule has 1 aliphatic carbocycles. The summed E-state index contributed by atoms with van der Waals surface area (Å²) in [5.74, 6) is 2.94. The fourth-order valence-electron chi connectivity index (χ4n) is 2.42. The Labute approximate surface area is 113 Å². The first-order valence-corrected chi connectivity index (χ1v) is 6.81. The van der Waals surface area contributed by atoms with E-state index in [0.29, 0.717) is 12.6 Å². The van der Waals surface area contributed by atoms with Crippen LogP contribution in [-0.4, -0.2) is 10.9 Å². The predicted octanol–water partition coefficient (Wildman–Crippen LogP) is 2.80. The lowest BCUT2D eigenvalue weighted by molar-refractivity contribution is 0.207. The maximum absolute atomic E-state index is 5.78. The molecule has 1 aliphatic rings. The minimum Gasteiger partial charge on any atom is -0.468 e. The highest BCUT2D eigenvalue weighted by Crippen LogP contribution is 2.30. The standard InChI is InChI=1S/C15H20N2O2/c1-11-12(8-16)7-15(19-11)10-17(13-4-5-13)9-14-3-2-6-18-14/h2-3,6-7,13H,4-5,8-10,16H2,1H3. The number of rotatable bonds is 6. The topological polar surface area (TPSA) is 55.5 Å². The second kappa shape index (κ2) is 5.23. The Kier molecular flexibility index (Phi) is 3.44. The minimum atomic E-state index is 0.539. The van der Waals surface area contributed by atoms with Gasteiger partial charge in [0.2, 0.25) is 0 Å². The lowest BCUT2D eigenvalue weighted by atomic mass is 10.2. The Morgan fingerprint density at radius 2 is 2.11 bits per heavy atom. The molecule has 2 N–H and O–H groups in total. The SMILES string of the molecule is Cc1oc(CN(Cc2ccco2)C2CC2)cc1CN. The first-order chi connectivity index (χ1) is 9.26. The van der Waals surface area contributed by atoms with Crippen molar-refractivity contribution < 1.29 is 8.83 Å². The number of nitrogens with two attached hydrogens (primary N) is 1. The van der Waals surface area contributed by atoms with Crippen LogP contribution < -0.4 is 5.73 Å². The van der Waals surface area contributed by atoms with Crippen LogP contribution in [0.5, 0.6) is 0 Å². The van der Waals surface area contributed by atoms with E-state index >= 15 is 0 Å². The molecule has 1 saturated carbocycles. The second-order valence-corrected chi connectivity index (χ2v) is 5.21. The third-order valence-corrected chi connectivity index (χ3v) is 3.65. The lowest BCUT2D eigenvalue weighted by Gasteiger charge is -2.19. The third kappa shape index (κ3) is 2.91. The summed E-state index contributed by atoms with van der Waals surface area (Å²) >= 11 is 0. The smallest absolute Gasteiger partial charge is 0.118 e. The van der Waals surface area contributed by atoms with Crippen molar-refractivity contribution >= 4 is 0 Å². The molecule has 0 unspecified atom stereocenters. The molecule has 0 radical (unpaired) electrons. The van der Waals surface area contributed by atoms with Crippen molar-refractivity contribution in [2.24, 2.45) is 5.73 Å². The van der Waals surface area contributed by atoms with E-state index in [1.54, 1.807) is 6.26 Å². The molecule has 4 nitrogen and oxygen atoms in total. The molecule has 1 fully saturated rings. The molecule has 0 aliphatic heterocycles. The Morgan fingerprint density at radius 1 is 1.32 bits per heavy atom. The van der Waals surface area contributed by atoms with E-state index in [1.165, 1.54) is 12.8 Å². The van der Waals surface area contributed by atoms with Crippen LogP contribution in [0.2, 0.25) is 0 Å². The molecule has 3 rings (SSSR count). The van der Waals surface area contributed by atoms with E-state index in [0.717, 1.165) is 35.9 Å². The van der Waals surface area contributed by atoms with Crippen LogP contribution in [0.3, 0.4) is 0 Å². The van der Waals surface area contributed by atoms with Crippen LogP contribution in [0, 0.1) is 6.92 Å². The van der Waals surface area contributed by atoms with Crippen LogP contribution in [0.25, 0.3) is 0 Å². The molecule has 0 atom stereocenters. The number of hydrogen-bond donors (Lipinski definition) is 1. The van der Waals surface area contributed by atoms with Crippen molar-refractivity contribution in [2.45, 2.75) is 45.4 Å². The zero-order valence-corrected chi connectivity index (χ0v) is 11.3. The Morgan fingerprint density at radius 3 is 2.68 bits per heavy atom. The summed E-state index contributed by atoms with van der Waals surface area (Å²) < 4.78 is 11.2. The van der Waals surface area contributed by atoms with Gasteiger partial charge in [0.15, 0.2) is 0 Å². The number of furan rings is 2. The highest BCUT2D eigenvalue weighted by molar-refractivity contribution is 5.20. The molecule has 102 valence electrons. The van der Waals surface area contributed by atoms with Gasteiger partial charge < -0.3 is 14.6 Å². The molecule has 4 heteroatoms. The Bertz CT molecular complexity index is 526. The van der Waals surface area contributed by atoms with Gasteiger partial charge in [-0.05, 0) is 38.0 Å². The molecular formula is C15H20N2O2. The molecular weight excluding hydrogens is 240 g/mol. The first kappa shape index (κ1) is 12.5. The average molecular weight is 260 g/mol. The number of aryl methyl sites for hydroxylation is 1. The van der Waals surface area contributed by atoms with Crippen LogP contribution in [-0.2, 0) is 19.6 Å². The van der Waals surface area contributed by atoms with Gasteiger partial charge in [0, 0.05) is 18.2 Å². The molecule has 19 heavy (non-hydrogen) atoms. The van der Waals surface area contributed by atoms with Gasteiger partial charge >= 0.3 is 0 Å². The van der Waals surface area contributed by atoms with Gasteiger partial charge in [-0.3, -0.25) is 4.90 Å². The summed E-state index contributed by atoms with van der Waals surface area (Å²) in [6, 6.07) is 6.70. The molecule has 2 aromatic rings. The van der Waals surface area contributed by atoms with Crippen molar-refractivity contribution in [3.63, 3.8) is 0 Å². The van der Waals surface area contributed by atoms with E-state index in [2.05, 4.69) is 11.0 Å². The van der Waals surface area contributed by atoms with Crippen molar-refractivity contribution in [3.05, 3.63) is 47.3 Å². The number of hydrogen-bond acceptors (Lipinski definition) is 4. The molecule has 0 spiro atoms. The molecule has 0 amide bonds. The van der Waals surface area contributed by atoms with E-state index in [1.807, 2.05) is 19.1 Å². The average Bonchev–Trinajstić information content (AvgIpc) is 3.01. The van der Waals surface area contributed by atoms with Crippen molar-refractivity contribution in [2.75, 3.05) is 0 Å². The highest BCUT2D eigenvalue weighted by atomic mass is 16.3. The minimum absolute atomic E-state index is 0.539. The lowest BCUT2D eigenvalue weighted by Crippen LogP contribution is -2.24. The fraction of sp³-hybridized carbons (Fsp3) is 0.467. The van der Waals surface area contributed by atoms with Crippen LogP contribution >= 0.6 is 0 Å². The van der Waals surface area contributed by atoms with Gasteiger partial charge in [-0.25, -0.2) is 0 Å². The van der Waals surface area contributed by atoms with E-state index in [9.17, 15) is 0 Å². The highest BCUT2D eigenvalue weighted by Gasteiger charge is 2.30. The zero-order valence-electron chi connectivity index (χ0n) is 11.3. The van der Waals surface area contributed by atoms with Gasteiger partial charge in [-0.1, -0.05) is 0 Å². The summed E-state index contributed by atoms with van der Waals surface area (Å²) in [7, 11) is 0. The summed E-state index contributed by atoms with van der Waals surface area (Å²) in [5.41, 5.74) is 6.79. The summed E-state index contributed by atoms with van der Waals surface area (Å²) in [6.45, 7) is 4.18. The molecule has 2 heterocycles. The molecule has 2 aromatic heterocycles. The van der Waals surface area contributed by atoms with Gasteiger partial charge in [-0.2, -0.15) is 0 Å².